The van der Waals surface area contributed by atoms with Crippen LogP contribution in [0.15, 0.2) is 42.5 Å². The molecular formula is C30H38N4O. The van der Waals surface area contributed by atoms with E-state index in [1.807, 2.05) is 24.0 Å². The second kappa shape index (κ2) is 11.0. The third-order valence-corrected chi connectivity index (χ3v) is 7.06. The molecule has 0 bridgehead atoms. The first-order valence-electron chi connectivity index (χ1n) is 12.9. The molecule has 1 aliphatic rings. The van der Waals surface area contributed by atoms with Crippen LogP contribution in [0.1, 0.15) is 69.5 Å². The summed E-state index contributed by atoms with van der Waals surface area (Å²) in [6.45, 7) is 13.5. The molecule has 0 aliphatic carbocycles. The summed E-state index contributed by atoms with van der Waals surface area (Å²) >= 11 is 0. The number of carbonyl (C=O) groups excluding carboxylic acids is 1. The fourth-order valence-electron chi connectivity index (χ4n) is 4.87. The van der Waals surface area contributed by atoms with E-state index in [4.69, 9.17) is 4.98 Å². The Morgan fingerprint density at radius 2 is 1.63 bits per heavy atom. The van der Waals surface area contributed by atoms with Crippen molar-refractivity contribution in [2.24, 2.45) is 0 Å². The number of carbonyl (C=O) groups is 1. The number of rotatable bonds is 7. The SMILES string of the molecule is CCCCc1ccc(C(=O)N2CCN(c3nc(C)nc(C)c3Cc3cc(C)ccc3C)CC2)cc1. The van der Waals surface area contributed by atoms with E-state index in [9.17, 15) is 4.79 Å². The largest absolute Gasteiger partial charge is 0.353 e. The molecule has 5 nitrogen and oxygen atoms in total. The van der Waals surface area contributed by atoms with Gasteiger partial charge in [-0.1, -0.05) is 49.2 Å². The van der Waals surface area contributed by atoms with Gasteiger partial charge >= 0.3 is 0 Å². The fraction of sp³-hybridized carbons (Fsp3) is 0.433. The third kappa shape index (κ3) is 5.90. The van der Waals surface area contributed by atoms with Crippen LogP contribution in [0, 0.1) is 27.7 Å². The molecule has 5 heteroatoms. The number of hydrogen-bond donors (Lipinski definition) is 0. The summed E-state index contributed by atoms with van der Waals surface area (Å²) in [5.74, 6) is 1.93. The number of piperazine rings is 1. The highest BCUT2D eigenvalue weighted by atomic mass is 16.2. The molecule has 0 unspecified atom stereocenters. The van der Waals surface area contributed by atoms with Crippen LogP contribution in [0.5, 0.6) is 0 Å². The molecule has 1 aliphatic heterocycles. The van der Waals surface area contributed by atoms with Crippen molar-refractivity contribution in [1.29, 1.82) is 0 Å². The van der Waals surface area contributed by atoms with Crippen LogP contribution in [0.25, 0.3) is 0 Å². The van der Waals surface area contributed by atoms with E-state index in [2.05, 4.69) is 67.9 Å². The predicted octanol–water partition coefficient (Wildman–Crippen LogP) is 5.61. The minimum Gasteiger partial charge on any atom is -0.353 e. The Morgan fingerprint density at radius 3 is 2.31 bits per heavy atom. The Hall–Kier alpha value is -3.21. The summed E-state index contributed by atoms with van der Waals surface area (Å²) in [7, 11) is 0. The van der Waals surface area contributed by atoms with Crippen molar-refractivity contribution in [2.75, 3.05) is 31.1 Å². The third-order valence-electron chi connectivity index (χ3n) is 7.06. The zero-order chi connectivity index (χ0) is 24.9. The summed E-state index contributed by atoms with van der Waals surface area (Å²) in [4.78, 5) is 27.0. The zero-order valence-electron chi connectivity index (χ0n) is 21.9. The Balaban J connectivity index is 1.48. The Morgan fingerprint density at radius 1 is 0.914 bits per heavy atom. The highest BCUT2D eigenvalue weighted by Gasteiger charge is 2.25. The van der Waals surface area contributed by atoms with Crippen molar-refractivity contribution < 1.29 is 4.79 Å². The first kappa shape index (κ1) is 24.9. The van der Waals surface area contributed by atoms with Gasteiger partial charge in [0.25, 0.3) is 5.91 Å². The molecule has 35 heavy (non-hydrogen) atoms. The van der Waals surface area contributed by atoms with Gasteiger partial charge in [0.15, 0.2) is 0 Å². The molecule has 0 spiro atoms. The van der Waals surface area contributed by atoms with E-state index in [0.29, 0.717) is 13.1 Å². The fourth-order valence-corrected chi connectivity index (χ4v) is 4.87. The minimum atomic E-state index is 0.123. The van der Waals surface area contributed by atoms with E-state index in [-0.39, 0.29) is 5.91 Å². The van der Waals surface area contributed by atoms with Crippen molar-refractivity contribution in [3.8, 4) is 0 Å². The molecule has 0 N–H and O–H groups in total. The maximum absolute atomic E-state index is 13.1. The molecule has 0 atom stereocenters. The molecule has 0 radical (unpaired) electrons. The standard InChI is InChI=1S/C30H38N4O/c1-6-7-8-25-11-13-26(14-12-25)30(35)34-17-15-33(16-18-34)29-28(23(4)31-24(5)32-29)20-27-19-21(2)9-10-22(27)3/h9-14,19H,6-8,15-18,20H2,1-5H3. The van der Waals surface area contributed by atoms with E-state index >= 15 is 0 Å². The van der Waals surface area contributed by atoms with Gasteiger partial charge in [-0.2, -0.15) is 0 Å². The molecule has 184 valence electrons. The number of benzene rings is 2. The highest BCUT2D eigenvalue weighted by molar-refractivity contribution is 5.94. The molecule has 3 aromatic rings. The second-order valence-corrected chi connectivity index (χ2v) is 9.84. The van der Waals surface area contributed by atoms with E-state index in [0.717, 1.165) is 48.8 Å². The molecule has 1 fully saturated rings. The summed E-state index contributed by atoms with van der Waals surface area (Å²) < 4.78 is 0. The highest BCUT2D eigenvalue weighted by Crippen LogP contribution is 2.27. The topological polar surface area (TPSA) is 49.3 Å². The number of amides is 1. The van der Waals surface area contributed by atoms with Crippen LogP contribution < -0.4 is 4.90 Å². The van der Waals surface area contributed by atoms with Crippen LogP contribution in [-0.2, 0) is 12.8 Å². The lowest BCUT2D eigenvalue weighted by Crippen LogP contribution is -2.49. The van der Waals surface area contributed by atoms with Gasteiger partial charge in [-0.25, -0.2) is 9.97 Å². The molecule has 1 aromatic heterocycles. The van der Waals surface area contributed by atoms with Crippen molar-refractivity contribution >= 4 is 11.7 Å². The number of aryl methyl sites for hydroxylation is 5. The number of anilines is 1. The lowest BCUT2D eigenvalue weighted by molar-refractivity contribution is 0.0746. The lowest BCUT2D eigenvalue weighted by atomic mass is 9.97. The Kier molecular flexibility index (Phi) is 7.84. The monoisotopic (exact) mass is 470 g/mol. The van der Waals surface area contributed by atoms with Crippen molar-refractivity contribution in [3.63, 3.8) is 0 Å². The Labute approximate surface area is 210 Å². The predicted molar refractivity (Wildman–Crippen MR) is 143 cm³/mol. The van der Waals surface area contributed by atoms with E-state index < -0.39 is 0 Å². The Bertz CT molecular complexity index is 1180. The molecule has 2 aromatic carbocycles. The first-order chi connectivity index (χ1) is 16.9. The van der Waals surface area contributed by atoms with Crippen LogP contribution in [0.2, 0.25) is 0 Å². The van der Waals surface area contributed by atoms with Crippen LogP contribution in [-0.4, -0.2) is 47.0 Å². The minimum absolute atomic E-state index is 0.123. The zero-order valence-corrected chi connectivity index (χ0v) is 21.9. The lowest BCUT2D eigenvalue weighted by Gasteiger charge is -2.36. The molecule has 2 heterocycles. The van der Waals surface area contributed by atoms with Gasteiger partial charge in [0.2, 0.25) is 0 Å². The van der Waals surface area contributed by atoms with Crippen molar-refractivity contribution in [1.82, 2.24) is 14.9 Å². The molecule has 0 saturated carbocycles. The van der Waals surface area contributed by atoms with Gasteiger partial charge < -0.3 is 9.80 Å². The molecule has 4 rings (SSSR count). The summed E-state index contributed by atoms with van der Waals surface area (Å²) in [6, 6.07) is 14.8. The van der Waals surface area contributed by atoms with Crippen LogP contribution in [0.4, 0.5) is 5.82 Å². The maximum Gasteiger partial charge on any atom is 0.253 e. The summed E-state index contributed by atoms with van der Waals surface area (Å²) in [6.07, 6.45) is 4.26. The average Bonchev–Trinajstić information content (AvgIpc) is 2.86. The number of hydrogen-bond acceptors (Lipinski definition) is 4. The van der Waals surface area contributed by atoms with Gasteiger partial charge in [0.05, 0.1) is 0 Å². The maximum atomic E-state index is 13.1. The summed E-state index contributed by atoms with van der Waals surface area (Å²) in [5.41, 5.74) is 8.18. The number of nitrogens with zero attached hydrogens (tertiary/aromatic N) is 4. The van der Waals surface area contributed by atoms with E-state index in [1.54, 1.807) is 0 Å². The quantitative estimate of drug-likeness (QED) is 0.451. The van der Waals surface area contributed by atoms with Gasteiger partial charge in [0, 0.05) is 49.4 Å². The average molecular weight is 471 g/mol. The summed E-state index contributed by atoms with van der Waals surface area (Å²) in [5, 5.41) is 0. The van der Waals surface area contributed by atoms with Gasteiger partial charge in [-0.3, -0.25) is 4.79 Å². The van der Waals surface area contributed by atoms with Crippen molar-refractivity contribution in [2.45, 2.75) is 60.3 Å². The smallest absolute Gasteiger partial charge is 0.253 e. The number of aromatic nitrogens is 2. The normalized spacial score (nSPS) is 13.9. The van der Waals surface area contributed by atoms with E-state index in [1.165, 1.54) is 40.7 Å². The molecular weight excluding hydrogens is 432 g/mol. The van der Waals surface area contributed by atoms with Gasteiger partial charge in [0.1, 0.15) is 11.6 Å². The van der Waals surface area contributed by atoms with Crippen LogP contribution >= 0.6 is 0 Å². The van der Waals surface area contributed by atoms with Gasteiger partial charge in [-0.15, -0.1) is 0 Å². The first-order valence-corrected chi connectivity index (χ1v) is 12.9. The number of unbranched alkanes of at least 4 members (excludes halogenated alkanes) is 1. The second-order valence-electron chi connectivity index (χ2n) is 9.84. The van der Waals surface area contributed by atoms with Crippen molar-refractivity contribution in [3.05, 3.63) is 87.4 Å². The van der Waals surface area contributed by atoms with Crippen LogP contribution in [0.3, 0.4) is 0 Å². The molecule has 1 amide bonds. The van der Waals surface area contributed by atoms with Gasteiger partial charge in [-0.05, 0) is 69.4 Å². The molecule has 1 saturated heterocycles.